The van der Waals surface area contributed by atoms with Crippen LogP contribution in [0.4, 0.5) is 27.5 Å². The Morgan fingerprint density at radius 3 is 2.58 bits per heavy atom. The molecular formula is C19H18ClFN6O3S. The van der Waals surface area contributed by atoms with E-state index in [1.807, 2.05) is 0 Å². The number of primary amides is 1. The van der Waals surface area contributed by atoms with Gasteiger partial charge in [-0.3, -0.25) is 9.52 Å². The third-order valence-electron chi connectivity index (χ3n) is 3.99. The van der Waals surface area contributed by atoms with E-state index in [2.05, 4.69) is 25.3 Å². The molecule has 3 aromatic rings. The van der Waals surface area contributed by atoms with Crippen molar-refractivity contribution in [3.8, 4) is 0 Å². The summed E-state index contributed by atoms with van der Waals surface area (Å²) in [7, 11) is -3.54. The topological polar surface area (TPSA) is 139 Å². The van der Waals surface area contributed by atoms with Gasteiger partial charge in [0, 0.05) is 17.1 Å². The number of carbonyl (C=O) groups excluding carboxylic acids is 1. The van der Waals surface area contributed by atoms with Gasteiger partial charge in [0.1, 0.15) is 0 Å². The van der Waals surface area contributed by atoms with Crippen molar-refractivity contribution < 1.29 is 17.6 Å². The monoisotopic (exact) mass is 464 g/mol. The van der Waals surface area contributed by atoms with Gasteiger partial charge < -0.3 is 16.4 Å². The fourth-order valence-electron chi connectivity index (χ4n) is 2.59. The summed E-state index contributed by atoms with van der Waals surface area (Å²) in [6.45, 7) is 0.150. The number of benzene rings is 2. The zero-order valence-electron chi connectivity index (χ0n) is 16.2. The molecule has 1 amide bonds. The summed E-state index contributed by atoms with van der Waals surface area (Å²) >= 11 is 6.14. The van der Waals surface area contributed by atoms with Crippen LogP contribution in [0.3, 0.4) is 0 Å². The van der Waals surface area contributed by atoms with E-state index in [1.165, 1.54) is 18.2 Å². The van der Waals surface area contributed by atoms with Crippen molar-refractivity contribution in [2.75, 3.05) is 21.6 Å². The lowest BCUT2D eigenvalue weighted by Crippen LogP contribution is -2.13. The van der Waals surface area contributed by atoms with Crippen LogP contribution < -0.4 is 21.1 Å². The Labute approximate surface area is 182 Å². The van der Waals surface area contributed by atoms with Gasteiger partial charge in [0.05, 0.1) is 23.8 Å². The Kier molecular flexibility index (Phi) is 6.56. The summed E-state index contributed by atoms with van der Waals surface area (Å²) in [5, 5.41) is 6.06. The maximum Gasteiger partial charge on any atom is 0.248 e. The molecule has 9 nitrogen and oxygen atoms in total. The van der Waals surface area contributed by atoms with Crippen molar-refractivity contribution in [1.82, 2.24) is 9.97 Å². The lowest BCUT2D eigenvalue weighted by atomic mass is 10.1. The minimum absolute atomic E-state index is 0.0815. The van der Waals surface area contributed by atoms with Gasteiger partial charge in [-0.1, -0.05) is 23.7 Å². The number of carbonyl (C=O) groups is 1. The van der Waals surface area contributed by atoms with Crippen LogP contribution in [0.15, 0.2) is 48.7 Å². The van der Waals surface area contributed by atoms with Crippen LogP contribution in [0, 0.1) is 5.82 Å². The SMILES string of the molecule is CS(=O)(=O)Nc1ccccc1Nc1nc(NCc2cc(C(N)=O)ccc2Cl)ncc1F. The fourth-order valence-corrected chi connectivity index (χ4v) is 3.35. The first-order chi connectivity index (χ1) is 14.6. The maximum atomic E-state index is 14.3. The number of rotatable bonds is 8. The number of aromatic nitrogens is 2. The van der Waals surface area contributed by atoms with Gasteiger partial charge in [-0.25, -0.2) is 17.8 Å². The molecule has 0 atom stereocenters. The summed E-state index contributed by atoms with van der Waals surface area (Å²) in [4.78, 5) is 19.3. The van der Waals surface area contributed by atoms with Gasteiger partial charge >= 0.3 is 0 Å². The molecule has 0 fully saturated rings. The van der Waals surface area contributed by atoms with Crippen LogP contribution in [-0.2, 0) is 16.6 Å². The van der Waals surface area contributed by atoms with Crippen LogP contribution in [0.25, 0.3) is 0 Å². The number of halogens is 2. The molecule has 0 saturated carbocycles. The molecule has 0 radical (unpaired) electrons. The van der Waals surface area contributed by atoms with Crippen molar-refractivity contribution in [2.24, 2.45) is 5.73 Å². The van der Waals surface area contributed by atoms with Gasteiger partial charge in [-0.15, -0.1) is 0 Å². The Morgan fingerprint density at radius 1 is 1.19 bits per heavy atom. The zero-order valence-corrected chi connectivity index (χ0v) is 17.8. The van der Waals surface area contributed by atoms with Crippen LogP contribution in [0.5, 0.6) is 0 Å². The highest BCUT2D eigenvalue weighted by Crippen LogP contribution is 2.27. The average Bonchev–Trinajstić information content (AvgIpc) is 2.69. The number of para-hydroxylation sites is 2. The minimum atomic E-state index is -3.54. The summed E-state index contributed by atoms with van der Waals surface area (Å²) < 4.78 is 39.7. The number of sulfonamides is 1. The third kappa shape index (κ3) is 6.03. The van der Waals surface area contributed by atoms with Crippen molar-refractivity contribution in [1.29, 1.82) is 0 Å². The second-order valence-corrected chi connectivity index (χ2v) is 8.61. The van der Waals surface area contributed by atoms with Crippen molar-refractivity contribution in [3.63, 3.8) is 0 Å². The van der Waals surface area contributed by atoms with E-state index in [0.29, 0.717) is 21.8 Å². The predicted octanol–water partition coefficient (Wildman–Crippen LogP) is 3.10. The number of nitrogens with zero attached hydrogens (tertiary/aromatic N) is 2. The van der Waals surface area contributed by atoms with Crippen LogP contribution >= 0.6 is 11.6 Å². The quantitative estimate of drug-likeness (QED) is 0.401. The molecule has 0 aliphatic carbocycles. The number of hydrogen-bond acceptors (Lipinski definition) is 7. The Bertz CT molecular complexity index is 1240. The molecule has 3 rings (SSSR count). The highest BCUT2D eigenvalue weighted by molar-refractivity contribution is 7.92. The van der Waals surface area contributed by atoms with Gasteiger partial charge in [0.2, 0.25) is 21.9 Å². The first kappa shape index (κ1) is 22.2. The van der Waals surface area contributed by atoms with Gasteiger partial charge in [-0.05, 0) is 35.9 Å². The minimum Gasteiger partial charge on any atom is -0.366 e. The van der Waals surface area contributed by atoms with Crippen molar-refractivity contribution in [3.05, 3.63) is 70.6 Å². The maximum absolute atomic E-state index is 14.3. The lowest BCUT2D eigenvalue weighted by molar-refractivity contribution is 0.1000. The summed E-state index contributed by atoms with van der Waals surface area (Å²) in [6.07, 6.45) is 1.97. The first-order valence-corrected chi connectivity index (χ1v) is 11.1. The summed E-state index contributed by atoms with van der Waals surface area (Å²) in [5.41, 5.74) is 6.67. The molecule has 1 heterocycles. The number of anilines is 4. The number of hydrogen-bond donors (Lipinski definition) is 4. The second kappa shape index (κ2) is 9.14. The van der Waals surface area contributed by atoms with Gasteiger partial charge in [0.25, 0.3) is 0 Å². The summed E-state index contributed by atoms with van der Waals surface area (Å²) in [6, 6.07) is 11.0. The Morgan fingerprint density at radius 2 is 1.90 bits per heavy atom. The number of nitrogens with two attached hydrogens (primary N) is 1. The van der Waals surface area contributed by atoms with E-state index in [-0.39, 0.29) is 24.0 Å². The molecule has 0 unspecified atom stereocenters. The van der Waals surface area contributed by atoms with E-state index in [1.54, 1.807) is 24.3 Å². The van der Waals surface area contributed by atoms with Gasteiger partial charge in [0.15, 0.2) is 11.6 Å². The van der Waals surface area contributed by atoms with E-state index in [4.69, 9.17) is 17.3 Å². The molecular weight excluding hydrogens is 447 g/mol. The van der Waals surface area contributed by atoms with Gasteiger partial charge in [-0.2, -0.15) is 4.98 Å². The molecule has 0 spiro atoms. The first-order valence-electron chi connectivity index (χ1n) is 8.81. The van der Waals surface area contributed by atoms with Crippen molar-refractivity contribution in [2.45, 2.75) is 6.54 Å². The standard InChI is InChI=1S/C19H18ClFN6O3S/c1-31(29,30)27-16-5-3-2-4-15(16)25-18-14(21)10-24-19(26-18)23-9-12-8-11(17(22)28)6-7-13(12)20/h2-8,10,27H,9H2,1H3,(H2,22,28)(H2,23,24,25,26). The molecule has 5 N–H and O–H groups in total. The van der Waals surface area contributed by atoms with E-state index in [0.717, 1.165) is 12.5 Å². The van der Waals surface area contributed by atoms with Crippen LogP contribution in [0.1, 0.15) is 15.9 Å². The van der Waals surface area contributed by atoms with Crippen molar-refractivity contribution >= 4 is 50.7 Å². The fraction of sp³-hybridized carbons (Fsp3) is 0.105. The normalized spacial score (nSPS) is 11.1. The molecule has 1 aromatic heterocycles. The molecule has 12 heteroatoms. The van der Waals surface area contributed by atoms with E-state index in [9.17, 15) is 17.6 Å². The number of amides is 1. The molecule has 2 aromatic carbocycles. The molecule has 162 valence electrons. The predicted molar refractivity (Wildman–Crippen MR) is 117 cm³/mol. The Hall–Kier alpha value is -3.44. The zero-order chi connectivity index (χ0) is 22.6. The third-order valence-corrected chi connectivity index (χ3v) is 4.95. The molecule has 0 aliphatic heterocycles. The highest BCUT2D eigenvalue weighted by Gasteiger charge is 2.12. The average molecular weight is 465 g/mol. The lowest BCUT2D eigenvalue weighted by Gasteiger charge is -2.14. The molecule has 0 aliphatic rings. The molecule has 0 saturated heterocycles. The second-order valence-electron chi connectivity index (χ2n) is 6.46. The highest BCUT2D eigenvalue weighted by atomic mass is 35.5. The largest absolute Gasteiger partial charge is 0.366 e. The van der Waals surface area contributed by atoms with E-state index < -0.39 is 21.7 Å². The van der Waals surface area contributed by atoms with Crippen LogP contribution in [-0.4, -0.2) is 30.5 Å². The Balaban J connectivity index is 1.81. The van der Waals surface area contributed by atoms with E-state index >= 15 is 0 Å². The molecule has 0 bridgehead atoms. The molecule has 31 heavy (non-hydrogen) atoms. The van der Waals surface area contributed by atoms with Crippen LogP contribution in [0.2, 0.25) is 5.02 Å². The summed E-state index contributed by atoms with van der Waals surface area (Å²) in [5.74, 6) is -1.42. The number of nitrogens with one attached hydrogen (secondary N) is 3. The smallest absolute Gasteiger partial charge is 0.248 e.